The Balaban J connectivity index is 0.000000189. The standard InChI is InChI=1S/C24H32IN3O5Si.C18H18IN3O5/c1-7-24-14-31-17(18(24)33-34(5,6)23(2,3)4)21(32-24)28-13-16(25)19(27-22(28)30)26-20(29)15-11-9-8-10-12-15;1-2-18-9-26-12(13(18)23)16(27-18)22-8-11(19)14(21-17(22)25)20-15(24)10-6-4-3-5-7-10/h8-13,17-18,21H,7,14H2,1-6H3,(H,26,27,29,30);3-8,12-13,16,23H,2,9H2,1H3,(H,20,21,24,25)/t17?,18-,21-,24+;12?,13-,16-,18+/m11/s1. The van der Waals surface area contributed by atoms with E-state index in [2.05, 4.69) is 84.0 Å². The van der Waals surface area contributed by atoms with Crippen molar-refractivity contribution in [2.24, 2.45) is 0 Å². The molecule has 0 spiro atoms. The molecule has 326 valence electrons. The summed E-state index contributed by atoms with van der Waals surface area (Å²) in [5, 5.41) is 15.8. The second-order valence-electron chi connectivity index (χ2n) is 17.0. The van der Waals surface area contributed by atoms with Crippen LogP contribution >= 0.6 is 45.2 Å². The number of fused-ring (bicyclic) bond motifs is 4. The number of anilines is 2. The van der Waals surface area contributed by atoms with Crippen molar-refractivity contribution in [2.45, 2.75) is 114 Å². The number of aliphatic hydroxyl groups excluding tert-OH is 1. The lowest BCUT2D eigenvalue weighted by molar-refractivity contribution is -0.175. The molecule has 2 unspecified atom stereocenters. The lowest BCUT2D eigenvalue weighted by Gasteiger charge is -2.40. The molecule has 8 atom stereocenters. The van der Waals surface area contributed by atoms with Crippen molar-refractivity contribution in [1.82, 2.24) is 19.1 Å². The zero-order valence-corrected chi connectivity index (χ0v) is 40.2. The third-order valence-electron chi connectivity index (χ3n) is 12.3. The molecule has 6 heterocycles. The lowest BCUT2D eigenvalue weighted by Crippen LogP contribution is -2.51. The molecule has 2 amide bonds. The third kappa shape index (κ3) is 8.78. The van der Waals surface area contributed by atoms with Crippen molar-refractivity contribution in [3.8, 4) is 0 Å². The number of amides is 2. The molecular formula is C42H50I2N6O10Si. The first-order valence-electron chi connectivity index (χ1n) is 20.1. The average molecular weight is 1080 g/mol. The van der Waals surface area contributed by atoms with Crippen LogP contribution in [0.3, 0.4) is 0 Å². The Morgan fingerprint density at radius 1 is 0.787 bits per heavy atom. The second kappa shape index (κ2) is 17.6. The van der Waals surface area contributed by atoms with Crippen LogP contribution in [0, 0.1) is 7.14 Å². The van der Waals surface area contributed by atoms with E-state index >= 15 is 0 Å². The van der Waals surface area contributed by atoms with E-state index in [4.69, 9.17) is 23.4 Å². The maximum Gasteiger partial charge on any atom is 0.351 e. The number of rotatable bonds is 10. The van der Waals surface area contributed by atoms with Gasteiger partial charge in [0.15, 0.2) is 32.4 Å². The van der Waals surface area contributed by atoms with E-state index < -0.39 is 61.7 Å². The van der Waals surface area contributed by atoms with Crippen molar-refractivity contribution < 1.29 is 38.1 Å². The molecule has 4 saturated heterocycles. The fourth-order valence-electron chi connectivity index (χ4n) is 7.56. The number of nitrogens with zero attached hydrogens (tertiary/aromatic N) is 4. The van der Waals surface area contributed by atoms with Gasteiger partial charge < -0.3 is 39.1 Å². The van der Waals surface area contributed by atoms with Crippen LogP contribution in [-0.2, 0) is 23.4 Å². The summed E-state index contributed by atoms with van der Waals surface area (Å²) in [6, 6.07) is 17.5. The minimum atomic E-state index is -2.10. The molecule has 19 heteroatoms. The topological polar surface area (TPSA) is 194 Å². The zero-order valence-electron chi connectivity index (χ0n) is 34.9. The van der Waals surface area contributed by atoms with Gasteiger partial charge in [-0.25, -0.2) is 9.59 Å². The molecule has 2 aromatic heterocycles. The van der Waals surface area contributed by atoms with E-state index in [9.17, 15) is 24.3 Å². The number of hydrogen-bond acceptors (Lipinski definition) is 12. The second-order valence-corrected chi connectivity index (χ2v) is 24.1. The minimum absolute atomic E-state index is 0.0336. The maximum absolute atomic E-state index is 13.0. The van der Waals surface area contributed by atoms with E-state index in [1.54, 1.807) is 60.9 Å². The Labute approximate surface area is 381 Å². The molecular weight excluding hydrogens is 1030 g/mol. The average Bonchev–Trinajstić information content (AvgIpc) is 3.93. The molecule has 61 heavy (non-hydrogen) atoms. The number of halogens is 2. The summed E-state index contributed by atoms with van der Waals surface area (Å²) in [6.07, 6.45) is 1.03. The van der Waals surface area contributed by atoms with Crippen LogP contribution in [0.25, 0.3) is 0 Å². The molecule has 4 aromatic rings. The van der Waals surface area contributed by atoms with Gasteiger partial charge in [0.25, 0.3) is 11.8 Å². The van der Waals surface area contributed by atoms with E-state index in [1.165, 1.54) is 9.13 Å². The summed E-state index contributed by atoms with van der Waals surface area (Å²) in [5.41, 5.74) is -1.53. The molecule has 3 N–H and O–H groups in total. The van der Waals surface area contributed by atoms with Gasteiger partial charge in [-0.2, -0.15) is 9.97 Å². The molecule has 8 rings (SSSR count). The lowest BCUT2D eigenvalue weighted by atomic mass is 9.96. The number of carbonyl (C=O) groups excluding carboxylic acids is 2. The van der Waals surface area contributed by atoms with Crippen LogP contribution in [0.5, 0.6) is 0 Å². The van der Waals surface area contributed by atoms with Crippen molar-refractivity contribution in [1.29, 1.82) is 0 Å². The van der Waals surface area contributed by atoms with Crippen LogP contribution < -0.4 is 22.0 Å². The first-order valence-corrected chi connectivity index (χ1v) is 25.1. The first-order chi connectivity index (χ1) is 28.8. The summed E-state index contributed by atoms with van der Waals surface area (Å²) in [4.78, 5) is 58.6. The Kier molecular flexibility index (Phi) is 13.2. The van der Waals surface area contributed by atoms with Crippen molar-refractivity contribution in [2.75, 3.05) is 23.8 Å². The summed E-state index contributed by atoms with van der Waals surface area (Å²) >= 11 is 4.06. The fourth-order valence-corrected chi connectivity index (χ4v) is 10.0. The van der Waals surface area contributed by atoms with Gasteiger partial charge in [-0.15, -0.1) is 0 Å². The Hall–Kier alpha value is -3.42. The smallest absolute Gasteiger partial charge is 0.351 e. The molecule has 4 fully saturated rings. The molecule has 2 aromatic carbocycles. The summed E-state index contributed by atoms with van der Waals surface area (Å²) < 4.78 is 35.0. The molecule has 0 radical (unpaired) electrons. The molecule has 16 nitrogen and oxygen atoms in total. The van der Waals surface area contributed by atoms with Crippen LogP contribution in [0.4, 0.5) is 11.6 Å². The number of aliphatic hydroxyl groups is 1. The fraction of sp³-hybridized carbons (Fsp3) is 0.476. The quantitative estimate of drug-likeness (QED) is 0.122. The first kappa shape index (κ1) is 45.6. The number of ether oxygens (including phenoxy) is 4. The van der Waals surface area contributed by atoms with E-state index in [-0.39, 0.29) is 34.6 Å². The van der Waals surface area contributed by atoms with Gasteiger partial charge in [-0.1, -0.05) is 71.0 Å². The predicted molar refractivity (Wildman–Crippen MR) is 245 cm³/mol. The monoisotopic (exact) mass is 1080 g/mol. The van der Waals surface area contributed by atoms with Gasteiger partial charge in [-0.3, -0.25) is 18.7 Å². The van der Waals surface area contributed by atoms with Gasteiger partial charge in [-0.05, 0) is 100 Å². The highest BCUT2D eigenvalue weighted by Gasteiger charge is 2.64. The van der Waals surface area contributed by atoms with E-state index in [0.717, 1.165) is 0 Å². The Morgan fingerprint density at radius 2 is 1.21 bits per heavy atom. The molecule has 0 saturated carbocycles. The van der Waals surface area contributed by atoms with Gasteiger partial charge >= 0.3 is 11.4 Å². The highest BCUT2D eigenvalue weighted by molar-refractivity contribution is 14.1. The van der Waals surface area contributed by atoms with Crippen LogP contribution in [0.1, 0.15) is 80.6 Å². The van der Waals surface area contributed by atoms with Crippen LogP contribution in [0.2, 0.25) is 18.1 Å². The van der Waals surface area contributed by atoms with Gasteiger partial charge in [0, 0.05) is 23.5 Å². The normalized spacial score (nSPS) is 27.7. The van der Waals surface area contributed by atoms with Crippen molar-refractivity contribution >= 4 is 76.9 Å². The van der Waals surface area contributed by atoms with Gasteiger partial charge in [0.05, 0.1) is 20.4 Å². The number of nitrogens with one attached hydrogen (secondary N) is 2. The zero-order chi connectivity index (χ0) is 44.1. The van der Waals surface area contributed by atoms with Gasteiger partial charge in [0.1, 0.15) is 35.6 Å². The third-order valence-corrected chi connectivity index (χ3v) is 18.3. The maximum atomic E-state index is 13.0. The highest BCUT2D eigenvalue weighted by Crippen LogP contribution is 2.51. The van der Waals surface area contributed by atoms with Crippen molar-refractivity contribution in [3.05, 3.63) is 112 Å². The molecule has 4 bridgehead atoms. The number of aromatic nitrogens is 4. The van der Waals surface area contributed by atoms with Crippen LogP contribution in [0.15, 0.2) is 82.6 Å². The van der Waals surface area contributed by atoms with E-state index in [1.807, 2.05) is 41.6 Å². The number of benzene rings is 2. The van der Waals surface area contributed by atoms with E-state index in [0.29, 0.717) is 44.3 Å². The Bertz CT molecular complexity index is 2400. The summed E-state index contributed by atoms with van der Waals surface area (Å²) in [7, 11) is -2.10. The predicted octanol–water partition coefficient (Wildman–Crippen LogP) is 6.10. The molecule has 0 aliphatic carbocycles. The SMILES string of the molecule is CC[C@@]12COC([C@H](n3cc(I)c(NC(=O)c4ccccc4)nc3=O)O1)[C@H]2O.CC[C@@]12COC([C@H](n3cc(I)c(NC(=O)c4ccccc4)nc3=O)O1)[C@H]2O[Si](C)(C)C(C)(C)C. The Morgan fingerprint density at radius 3 is 1.66 bits per heavy atom. The largest absolute Gasteiger partial charge is 0.408 e. The number of hydrogen-bond donors (Lipinski definition) is 3. The van der Waals surface area contributed by atoms with Crippen molar-refractivity contribution in [3.63, 3.8) is 0 Å². The summed E-state index contributed by atoms with van der Waals surface area (Å²) in [5.74, 6) is -0.270. The minimum Gasteiger partial charge on any atom is -0.408 e. The van der Waals surface area contributed by atoms with Gasteiger partial charge in [0.2, 0.25) is 0 Å². The molecule has 4 aliphatic rings. The number of carbonyl (C=O) groups is 2. The van der Waals surface area contributed by atoms with Crippen LogP contribution in [-0.4, -0.2) is 93.2 Å². The molecule has 4 aliphatic heterocycles. The summed E-state index contributed by atoms with van der Waals surface area (Å²) in [6.45, 7) is 15.7. The highest BCUT2D eigenvalue weighted by atomic mass is 127.